The Bertz CT molecular complexity index is 1330. The third-order valence-corrected chi connectivity index (χ3v) is 7.45. The minimum Gasteiger partial charge on any atom is -0.488 e. The van der Waals surface area contributed by atoms with Gasteiger partial charge in [0.25, 0.3) is 5.91 Å². The largest absolute Gasteiger partial charge is 0.488 e. The second-order valence-electron chi connectivity index (χ2n) is 9.16. The van der Waals surface area contributed by atoms with Gasteiger partial charge in [0, 0.05) is 36.2 Å². The summed E-state index contributed by atoms with van der Waals surface area (Å²) in [7, 11) is 1.42. The monoisotopic (exact) mass is 528 g/mol. The summed E-state index contributed by atoms with van der Waals surface area (Å²) in [5.41, 5.74) is 0.385. The Labute approximate surface area is 218 Å². The SMILES string of the molecule is CNC(=O)c1ccc(OCCO)c(F)c1-c1c(Cl)c(F)cc2c1C[C@](c1ccccc1)([C@@H]1CCCN1)O2. The maximum absolute atomic E-state index is 16.0. The van der Waals surface area contributed by atoms with Gasteiger partial charge in [-0.1, -0.05) is 41.9 Å². The standard InChI is InChI=1S/C28H27ClF2N2O4/c1-32-27(35)17-9-10-20(36-13-12-34)26(31)24(17)23-18-15-28(22-8-5-11-33-22,16-6-3-2-4-7-16)37-21(18)14-19(30)25(23)29/h2-4,6-7,9-10,14,22,33-34H,5,8,11-13,15H2,1H3,(H,32,35)/t22-,28-/m0/s1. The molecule has 3 aromatic rings. The van der Waals surface area contributed by atoms with Gasteiger partial charge < -0.3 is 25.2 Å². The van der Waals surface area contributed by atoms with Crippen LogP contribution in [0.1, 0.15) is 34.3 Å². The number of hydrogen-bond donors (Lipinski definition) is 3. The van der Waals surface area contributed by atoms with E-state index in [1.165, 1.54) is 25.2 Å². The quantitative estimate of drug-likeness (QED) is 0.418. The summed E-state index contributed by atoms with van der Waals surface area (Å²) in [5, 5.41) is 14.9. The molecular weight excluding hydrogens is 502 g/mol. The third-order valence-electron chi connectivity index (χ3n) is 7.08. The average Bonchev–Trinajstić information content (AvgIpc) is 3.58. The van der Waals surface area contributed by atoms with Gasteiger partial charge in [0.2, 0.25) is 0 Å². The Balaban J connectivity index is 1.75. The number of rotatable bonds is 7. The maximum atomic E-state index is 16.0. The summed E-state index contributed by atoms with van der Waals surface area (Å²) in [6.45, 7) is 0.336. The molecule has 0 aromatic heterocycles. The Morgan fingerprint density at radius 3 is 2.70 bits per heavy atom. The summed E-state index contributed by atoms with van der Waals surface area (Å²) < 4.78 is 43.2. The number of aliphatic hydroxyl groups excluding tert-OH is 1. The van der Waals surface area contributed by atoms with Crippen molar-refractivity contribution in [3.63, 3.8) is 0 Å². The second-order valence-corrected chi connectivity index (χ2v) is 9.54. The molecule has 1 fully saturated rings. The Hall–Kier alpha value is -3.20. The molecule has 2 aliphatic rings. The predicted octanol–water partition coefficient (Wildman–Crippen LogP) is 4.60. The molecule has 6 nitrogen and oxygen atoms in total. The van der Waals surface area contributed by atoms with E-state index in [0.29, 0.717) is 5.56 Å². The molecule has 0 unspecified atom stereocenters. The van der Waals surface area contributed by atoms with Crippen LogP contribution in [0.2, 0.25) is 5.02 Å². The summed E-state index contributed by atoms with van der Waals surface area (Å²) in [6, 6.07) is 13.5. The molecule has 3 N–H and O–H groups in total. The molecule has 2 atom stereocenters. The van der Waals surface area contributed by atoms with E-state index in [9.17, 15) is 4.79 Å². The molecule has 1 saturated heterocycles. The van der Waals surface area contributed by atoms with Crippen LogP contribution >= 0.6 is 11.6 Å². The highest BCUT2D eigenvalue weighted by Crippen LogP contribution is 2.52. The van der Waals surface area contributed by atoms with Gasteiger partial charge in [0.15, 0.2) is 17.2 Å². The molecule has 5 rings (SSSR count). The van der Waals surface area contributed by atoms with E-state index in [1.54, 1.807) is 0 Å². The molecule has 2 aliphatic heterocycles. The molecule has 0 aliphatic carbocycles. The van der Waals surface area contributed by atoms with Crippen LogP contribution in [0, 0.1) is 11.6 Å². The van der Waals surface area contributed by atoms with Gasteiger partial charge in [0.05, 0.1) is 23.2 Å². The molecule has 37 heavy (non-hydrogen) atoms. The number of nitrogens with one attached hydrogen (secondary N) is 2. The van der Waals surface area contributed by atoms with Crippen molar-refractivity contribution in [2.45, 2.75) is 30.9 Å². The lowest BCUT2D eigenvalue weighted by Crippen LogP contribution is -2.48. The molecular formula is C28H27ClF2N2O4. The Morgan fingerprint density at radius 1 is 1.24 bits per heavy atom. The third kappa shape index (κ3) is 4.33. The van der Waals surface area contributed by atoms with E-state index < -0.39 is 23.1 Å². The van der Waals surface area contributed by atoms with E-state index in [2.05, 4.69) is 10.6 Å². The second kappa shape index (κ2) is 10.3. The van der Waals surface area contributed by atoms with E-state index in [4.69, 9.17) is 26.2 Å². The van der Waals surface area contributed by atoms with Crippen LogP contribution in [-0.4, -0.2) is 43.9 Å². The lowest BCUT2D eigenvalue weighted by molar-refractivity contribution is 0.0539. The molecule has 0 radical (unpaired) electrons. The number of benzene rings is 3. The number of fused-ring (bicyclic) bond motifs is 1. The Morgan fingerprint density at radius 2 is 2.03 bits per heavy atom. The van der Waals surface area contributed by atoms with E-state index in [0.717, 1.165) is 24.9 Å². The zero-order valence-corrected chi connectivity index (χ0v) is 21.0. The molecule has 0 saturated carbocycles. The highest BCUT2D eigenvalue weighted by molar-refractivity contribution is 6.34. The van der Waals surface area contributed by atoms with Gasteiger partial charge in [-0.25, -0.2) is 8.78 Å². The predicted molar refractivity (Wildman–Crippen MR) is 136 cm³/mol. The summed E-state index contributed by atoms with van der Waals surface area (Å²) in [5.74, 6) is -2.17. The van der Waals surface area contributed by atoms with Gasteiger partial charge in [-0.05, 0) is 37.1 Å². The fourth-order valence-electron chi connectivity index (χ4n) is 5.41. The van der Waals surface area contributed by atoms with Gasteiger partial charge >= 0.3 is 0 Å². The van der Waals surface area contributed by atoms with Gasteiger partial charge in [-0.2, -0.15) is 0 Å². The fraction of sp³-hybridized carbons (Fsp3) is 0.321. The summed E-state index contributed by atoms with van der Waals surface area (Å²) >= 11 is 6.53. The van der Waals surface area contributed by atoms with Crippen LogP contribution in [0.5, 0.6) is 11.5 Å². The zero-order chi connectivity index (χ0) is 26.2. The zero-order valence-electron chi connectivity index (χ0n) is 20.2. The van der Waals surface area contributed by atoms with Crippen LogP contribution in [0.4, 0.5) is 8.78 Å². The van der Waals surface area contributed by atoms with Crippen LogP contribution < -0.4 is 20.1 Å². The Kier molecular flexibility index (Phi) is 7.07. The van der Waals surface area contributed by atoms with Crippen molar-refractivity contribution < 1.29 is 28.2 Å². The first-order valence-corrected chi connectivity index (χ1v) is 12.6. The number of halogens is 3. The number of carbonyl (C=O) groups is 1. The summed E-state index contributed by atoms with van der Waals surface area (Å²) in [4.78, 5) is 12.8. The average molecular weight is 529 g/mol. The highest BCUT2D eigenvalue weighted by Gasteiger charge is 2.50. The number of hydrogen-bond acceptors (Lipinski definition) is 5. The van der Waals surface area contributed by atoms with Crippen molar-refractivity contribution in [3.8, 4) is 22.6 Å². The van der Waals surface area contributed by atoms with Gasteiger partial charge in [-0.3, -0.25) is 4.79 Å². The first-order chi connectivity index (χ1) is 17.9. The van der Waals surface area contributed by atoms with E-state index in [-0.39, 0.29) is 58.9 Å². The minimum atomic E-state index is -0.875. The van der Waals surface area contributed by atoms with Crippen LogP contribution in [0.15, 0.2) is 48.5 Å². The number of carbonyl (C=O) groups excluding carboxylic acids is 1. The minimum absolute atomic E-state index is 0.0257. The fourth-order valence-corrected chi connectivity index (χ4v) is 5.68. The lowest BCUT2D eigenvalue weighted by atomic mass is 9.80. The van der Waals surface area contributed by atoms with Crippen molar-refractivity contribution in [3.05, 3.63) is 81.9 Å². The number of amides is 1. The molecule has 3 aromatic carbocycles. The molecule has 0 bridgehead atoms. The van der Waals surface area contributed by atoms with Gasteiger partial charge in [0.1, 0.15) is 18.2 Å². The highest BCUT2D eigenvalue weighted by atomic mass is 35.5. The molecule has 194 valence electrons. The van der Waals surface area contributed by atoms with Crippen molar-refractivity contribution in [1.82, 2.24) is 10.6 Å². The van der Waals surface area contributed by atoms with Crippen molar-refractivity contribution in [2.75, 3.05) is 26.8 Å². The number of aliphatic hydroxyl groups is 1. The van der Waals surface area contributed by atoms with Crippen LogP contribution in [-0.2, 0) is 12.0 Å². The van der Waals surface area contributed by atoms with Crippen molar-refractivity contribution in [1.29, 1.82) is 0 Å². The van der Waals surface area contributed by atoms with Crippen molar-refractivity contribution in [2.24, 2.45) is 0 Å². The van der Waals surface area contributed by atoms with E-state index >= 15 is 8.78 Å². The first kappa shape index (κ1) is 25.4. The first-order valence-electron chi connectivity index (χ1n) is 12.2. The molecule has 9 heteroatoms. The van der Waals surface area contributed by atoms with Crippen molar-refractivity contribution >= 4 is 17.5 Å². The van der Waals surface area contributed by atoms with Crippen LogP contribution in [0.3, 0.4) is 0 Å². The topological polar surface area (TPSA) is 79.8 Å². The summed E-state index contributed by atoms with van der Waals surface area (Å²) in [6.07, 6.45) is 2.09. The molecule has 1 amide bonds. The lowest BCUT2D eigenvalue weighted by Gasteiger charge is -2.35. The van der Waals surface area contributed by atoms with Crippen LogP contribution in [0.25, 0.3) is 11.1 Å². The number of ether oxygens (including phenoxy) is 2. The molecule has 2 heterocycles. The normalized spacial score (nSPS) is 20.4. The maximum Gasteiger partial charge on any atom is 0.251 e. The van der Waals surface area contributed by atoms with Gasteiger partial charge in [-0.15, -0.1) is 0 Å². The smallest absolute Gasteiger partial charge is 0.251 e. The van der Waals surface area contributed by atoms with E-state index in [1.807, 2.05) is 30.3 Å². The molecule has 0 spiro atoms.